The Kier molecular flexibility index (Phi) is 6.12. The van der Waals surface area contributed by atoms with Crippen LogP contribution >= 0.6 is 0 Å². The van der Waals surface area contributed by atoms with E-state index in [4.69, 9.17) is 19.3 Å². The van der Waals surface area contributed by atoms with Crippen LogP contribution in [0.1, 0.15) is 26.3 Å². The molecule has 0 aliphatic carbocycles. The van der Waals surface area contributed by atoms with E-state index >= 15 is 0 Å². The van der Waals surface area contributed by atoms with Crippen LogP contribution in [0.2, 0.25) is 0 Å². The molecule has 0 heterocycles. The highest BCUT2D eigenvalue weighted by Crippen LogP contribution is 2.34. The lowest BCUT2D eigenvalue weighted by Gasteiger charge is -2.23. The zero-order valence-electron chi connectivity index (χ0n) is 12.2. The first kappa shape index (κ1) is 15.8. The van der Waals surface area contributed by atoms with Crippen LogP contribution in [0.25, 0.3) is 0 Å². The Hall–Kier alpha value is -1.26. The van der Waals surface area contributed by atoms with Crippen molar-refractivity contribution in [2.45, 2.75) is 26.2 Å². The molecule has 4 heteroatoms. The number of aliphatic hydroxyl groups excluding tert-OH is 1. The highest BCUT2D eigenvalue weighted by atomic mass is 16.5. The Morgan fingerprint density at radius 2 is 1.84 bits per heavy atom. The third kappa shape index (κ3) is 5.09. The van der Waals surface area contributed by atoms with Gasteiger partial charge in [-0.25, -0.2) is 0 Å². The van der Waals surface area contributed by atoms with E-state index in [9.17, 15) is 0 Å². The normalized spacial score (nSPS) is 11.4. The topological polar surface area (TPSA) is 47.9 Å². The number of aliphatic hydroxyl groups is 1. The summed E-state index contributed by atoms with van der Waals surface area (Å²) >= 11 is 0. The summed E-state index contributed by atoms with van der Waals surface area (Å²) in [5.74, 6) is 1.68. The van der Waals surface area contributed by atoms with Crippen molar-refractivity contribution in [1.29, 1.82) is 0 Å². The average molecular weight is 268 g/mol. The summed E-state index contributed by atoms with van der Waals surface area (Å²) < 4.78 is 16.2. The predicted molar refractivity (Wildman–Crippen MR) is 75.1 cm³/mol. The van der Waals surface area contributed by atoms with Gasteiger partial charge in [0.1, 0.15) is 18.1 Å². The number of ether oxygens (including phenoxy) is 3. The number of hydrogen-bond acceptors (Lipinski definition) is 4. The van der Waals surface area contributed by atoms with Crippen molar-refractivity contribution in [3.05, 3.63) is 23.8 Å². The van der Waals surface area contributed by atoms with Gasteiger partial charge in [0.2, 0.25) is 0 Å². The Bertz CT molecular complexity index is 382. The standard InChI is InChI=1S/C15H24O4/c1-15(2,3)13-11-12(17-4)5-6-14(13)19-10-9-18-8-7-16/h5-6,11,16H,7-10H2,1-4H3. The van der Waals surface area contributed by atoms with Crippen molar-refractivity contribution in [3.63, 3.8) is 0 Å². The first-order valence-electron chi connectivity index (χ1n) is 6.49. The summed E-state index contributed by atoms with van der Waals surface area (Å²) in [6, 6.07) is 5.81. The van der Waals surface area contributed by atoms with Crippen molar-refractivity contribution in [3.8, 4) is 11.5 Å². The van der Waals surface area contributed by atoms with E-state index in [1.807, 2.05) is 18.2 Å². The van der Waals surface area contributed by atoms with Crippen molar-refractivity contribution in [2.24, 2.45) is 0 Å². The van der Waals surface area contributed by atoms with Gasteiger partial charge in [0, 0.05) is 5.56 Å². The minimum Gasteiger partial charge on any atom is -0.497 e. The Morgan fingerprint density at radius 3 is 2.42 bits per heavy atom. The lowest BCUT2D eigenvalue weighted by atomic mass is 9.86. The van der Waals surface area contributed by atoms with E-state index in [1.54, 1.807) is 7.11 Å². The van der Waals surface area contributed by atoms with Crippen LogP contribution in [-0.2, 0) is 10.2 Å². The van der Waals surface area contributed by atoms with E-state index in [0.717, 1.165) is 17.1 Å². The highest BCUT2D eigenvalue weighted by Gasteiger charge is 2.19. The smallest absolute Gasteiger partial charge is 0.123 e. The first-order valence-corrected chi connectivity index (χ1v) is 6.49. The molecule has 0 saturated heterocycles. The molecule has 0 radical (unpaired) electrons. The van der Waals surface area contributed by atoms with E-state index < -0.39 is 0 Å². The molecule has 1 aromatic rings. The zero-order valence-corrected chi connectivity index (χ0v) is 12.2. The third-order valence-corrected chi connectivity index (χ3v) is 2.72. The van der Waals surface area contributed by atoms with Crippen LogP contribution in [0, 0.1) is 0 Å². The molecule has 0 aliphatic rings. The summed E-state index contributed by atoms with van der Waals surface area (Å²) in [6.45, 7) is 7.73. The quantitative estimate of drug-likeness (QED) is 0.771. The van der Waals surface area contributed by atoms with Gasteiger partial charge in [-0.1, -0.05) is 20.8 Å². The summed E-state index contributed by atoms with van der Waals surface area (Å²) in [7, 11) is 1.66. The summed E-state index contributed by atoms with van der Waals surface area (Å²) in [4.78, 5) is 0. The molecule has 0 unspecified atom stereocenters. The van der Waals surface area contributed by atoms with Gasteiger partial charge in [-0.15, -0.1) is 0 Å². The van der Waals surface area contributed by atoms with Gasteiger partial charge in [0.05, 0.1) is 26.9 Å². The van der Waals surface area contributed by atoms with Gasteiger partial charge in [0.15, 0.2) is 0 Å². The minimum atomic E-state index is -0.0180. The largest absolute Gasteiger partial charge is 0.497 e. The molecule has 0 saturated carbocycles. The van der Waals surface area contributed by atoms with Gasteiger partial charge in [-0.3, -0.25) is 0 Å². The lowest BCUT2D eigenvalue weighted by molar-refractivity contribution is 0.0701. The van der Waals surface area contributed by atoms with Crippen molar-refractivity contribution >= 4 is 0 Å². The second-order valence-electron chi connectivity index (χ2n) is 5.30. The molecule has 1 rings (SSSR count). The first-order chi connectivity index (χ1) is 8.99. The fourth-order valence-electron chi connectivity index (χ4n) is 1.73. The number of benzene rings is 1. The van der Waals surface area contributed by atoms with Crippen LogP contribution in [0.5, 0.6) is 11.5 Å². The molecule has 0 aromatic heterocycles. The zero-order chi connectivity index (χ0) is 14.3. The van der Waals surface area contributed by atoms with Crippen molar-refractivity contribution in [2.75, 3.05) is 33.5 Å². The van der Waals surface area contributed by atoms with Crippen molar-refractivity contribution < 1.29 is 19.3 Å². The molecule has 1 N–H and O–H groups in total. The van der Waals surface area contributed by atoms with Crippen LogP contribution < -0.4 is 9.47 Å². The van der Waals surface area contributed by atoms with E-state index in [2.05, 4.69) is 20.8 Å². The average Bonchev–Trinajstić information content (AvgIpc) is 2.37. The molecule has 0 aliphatic heterocycles. The number of rotatable bonds is 7. The Labute approximate surface area is 115 Å². The maximum atomic E-state index is 8.61. The fraction of sp³-hybridized carbons (Fsp3) is 0.600. The second-order valence-corrected chi connectivity index (χ2v) is 5.30. The van der Waals surface area contributed by atoms with Gasteiger partial charge in [-0.05, 0) is 23.6 Å². The Morgan fingerprint density at radius 1 is 1.11 bits per heavy atom. The SMILES string of the molecule is COc1ccc(OCCOCCO)c(C(C)(C)C)c1. The molecule has 108 valence electrons. The Balaban J connectivity index is 2.71. The summed E-state index contributed by atoms with van der Waals surface area (Å²) in [5.41, 5.74) is 1.09. The monoisotopic (exact) mass is 268 g/mol. The molecule has 1 aromatic carbocycles. The minimum absolute atomic E-state index is 0.0180. The van der Waals surface area contributed by atoms with Crippen LogP contribution in [-0.4, -0.2) is 38.6 Å². The van der Waals surface area contributed by atoms with Gasteiger partial charge in [0.25, 0.3) is 0 Å². The molecule has 0 fully saturated rings. The van der Waals surface area contributed by atoms with Gasteiger partial charge < -0.3 is 19.3 Å². The summed E-state index contributed by atoms with van der Waals surface area (Å²) in [6.07, 6.45) is 0. The van der Waals surface area contributed by atoms with Gasteiger partial charge in [-0.2, -0.15) is 0 Å². The summed E-state index contributed by atoms with van der Waals surface area (Å²) in [5, 5.41) is 8.61. The molecule has 0 atom stereocenters. The lowest BCUT2D eigenvalue weighted by Crippen LogP contribution is -2.15. The van der Waals surface area contributed by atoms with E-state index in [-0.39, 0.29) is 12.0 Å². The molecule has 4 nitrogen and oxygen atoms in total. The van der Waals surface area contributed by atoms with Crippen molar-refractivity contribution in [1.82, 2.24) is 0 Å². The number of methoxy groups -OCH3 is 1. The van der Waals surface area contributed by atoms with E-state index in [1.165, 1.54) is 0 Å². The highest BCUT2D eigenvalue weighted by molar-refractivity contribution is 5.44. The number of hydrogen-bond donors (Lipinski definition) is 1. The van der Waals surface area contributed by atoms with Crippen LogP contribution in [0.4, 0.5) is 0 Å². The molecule has 0 bridgehead atoms. The fourth-order valence-corrected chi connectivity index (χ4v) is 1.73. The molecule has 0 amide bonds. The van der Waals surface area contributed by atoms with E-state index in [0.29, 0.717) is 19.8 Å². The molecular weight excluding hydrogens is 244 g/mol. The maximum absolute atomic E-state index is 8.61. The third-order valence-electron chi connectivity index (χ3n) is 2.72. The molecular formula is C15H24O4. The van der Waals surface area contributed by atoms with Gasteiger partial charge >= 0.3 is 0 Å². The molecule has 0 spiro atoms. The van der Waals surface area contributed by atoms with Crippen LogP contribution in [0.15, 0.2) is 18.2 Å². The molecule has 19 heavy (non-hydrogen) atoms. The van der Waals surface area contributed by atoms with Crippen LogP contribution in [0.3, 0.4) is 0 Å². The predicted octanol–water partition coefficient (Wildman–Crippen LogP) is 2.38. The second kappa shape index (κ2) is 7.36. The maximum Gasteiger partial charge on any atom is 0.123 e.